The third-order valence-corrected chi connectivity index (χ3v) is 4.29. The molecule has 23 heavy (non-hydrogen) atoms. The average Bonchev–Trinajstić information content (AvgIpc) is 2.60. The fourth-order valence-electron chi connectivity index (χ4n) is 3.06. The lowest BCUT2D eigenvalue weighted by atomic mass is 9.95. The van der Waals surface area contributed by atoms with E-state index < -0.39 is 0 Å². The van der Waals surface area contributed by atoms with Crippen LogP contribution in [0, 0.1) is 11.3 Å². The van der Waals surface area contributed by atoms with Crippen LogP contribution in [0.1, 0.15) is 37.7 Å². The predicted octanol–water partition coefficient (Wildman–Crippen LogP) is 3.36. The average molecular weight is 308 g/mol. The largest absolute Gasteiger partial charge is 0.488 e. The molecule has 0 radical (unpaired) electrons. The molecule has 1 fully saturated rings. The fraction of sp³-hybridized carbons (Fsp3) is 0.368. The standard InChI is InChI=1S/C19H20N2O2/c20-12-16(19(22)21-17-7-2-1-3-8-17)11-14-10-15-6-4-5-9-18(15)23-13-14/h4-6,9-11,17H,1-3,7-8,13H2,(H,21,22)/b16-11+. The van der Waals surface area contributed by atoms with Crippen LogP contribution in [0.4, 0.5) is 0 Å². The molecule has 0 atom stereocenters. The lowest BCUT2D eigenvalue weighted by molar-refractivity contribution is -0.118. The first-order chi connectivity index (χ1) is 11.3. The number of carbonyl (C=O) groups excluding carboxylic acids is 1. The highest BCUT2D eigenvalue weighted by Crippen LogP contribution is 2.26. The zero-order valence-electron chi connectivity index (χ0n) is 13.0. The highest BCUT2D eigenvalue weighted by Gasteiger charge is 2.19. The van der Waals surface area contributed by atoms with Gasteiger partial charge >= 0.3 is 0 Å². The molecule has 0 aromatic heterocycles. The second-order valence-corrected chi connectivity index (χ2v) is 6.02. The van der Waals surface area contributed by atoms with E-state index in [-0.39, 0.29) is 17.5 Å². The number of carbonyl (C=O) groups is 1. The zero-order chi connectivity index (χ0) is 16.1. The lowest BCUT2D eigenvalue weighted by Gasteiger charge is -2.22. The van der Waals surface area contributed by atoms with Gasteiger partial charge in [0.05, 0.1) is 0 Å². The summed E-state index contributed by atoms with van der Waals surface area (Å²) in [7, 11) is 0. The van der Waals surface area contributed by atoms with Crippen LogP contribution in [0.3, 0.4) is 0 Å². The maximum Gasteiger partial charge on any atom is 0.262 e. The van der Waals surface area contributed by atoms with Crippen LogP contribution in [0.2, 0.25) is 0 Å². The summed E-state index contributed by atoms with van der Waals surface area (Å²) in [4.78, 5) is 12.3. The summed E-state index contributed by atoms with van der Waals surface area (Å²) >= 11 is 0. The van der Waals surface area contributed by atoms with Crippen molar-refractivity contribution in [2.45, 2.75) is 38.1 Å². The number of hydrogen-bond donors (Lipinski definition) is 1. The Hall–Kier alpha value is -2.54. The van der Waals surface area contributed by atoms with Crippen LogP contribution in [0.25, 0.3) is 6.08 Å². The summed E-state index contributed by atoms with van der Waals surface area (Å²) in [6, 6.07) is 9.94. The molecule has 0 saturated heterocycles. The summed E-state index contributed by atoms with van der Waals surface area (Å²) in [5.41, 5.74) is 1.94. The number of nitriles is 1. The number of fused-ring (bicyclic) bond motifs is 1. The van der Waals surface area contributed by atoms with Crippen LogP contribution < -0.4 is 10.1 Å². The summed E-state index contributed by atoms with van der Waals surface area (Å²) in [5, 5.41) is 12.3. The quantitative estimate of drug-likeness (QED) is 0.688. The number of nitrogens with one attached hydrogen (secondary N) is 1. The van der Waals surface area contributed by atoms with E-state index in [1.165, 1.54) is 6.42 Å². The van der Waals surface area contributed by atoms with Gasteiger partial charge in [-0.1, -0.05) is 37.5 Å². The molecule has 0 unspecified atom stereocenters. The number of hydrogen-bond acceptors (Lipinski definition) is 3. The van der Waals surface area contributed by atoms with E-state index in [0.717, 1.165) is 42.6 Å². The van der Waals surface area contributed by atoms with Crippen molar-refractivity contribution in [1.29, 1.82) is 5.26 Å². The minimum absolute atomic E-state index is 0.143. The number of nitrogens with zero attached hydrogens (tertiary/aromatic N) is 1. The van der Waals surface area contributed by atoms with Gasteiger partial charge in [-0.3, -0.25) is 4.79 Å². The van der Waals surface area contributed by atoms with Crippen molar-refractivity contribution < 1.29 is 9.53 Å². The number of amides is 1. The summed E-state index contributed by atoms with van der Waals surface area (Å²) in [5.74, 6) is 0.550. The molecule has 1 N–H and O–H groups in total. The minimum atomic E-state index is -0.279. The van der Waals surface area contributed by atoms with Crippen molar-refractivity contribution in [3.8, 4) is 11.8 Å². The zero-order valence-corrected chi connectivity index (χ0v) is 13.0. The van der Waals surface area contributed by atoms with Crippen molar-refractivity contribution in [3.05, 3.63) is 47.1 Å². The van der Waals surface area contributed by atoms with Gasteiger partial charge in [0, 0.05) is 11.6 Å². The fourth-order valence-corrected chi connectivity index (χ4v) is 3.06. The summed E-state index contributed by atoms with van der Waals surface area (Å²) < 4.78 is 5.66. The molecule has 4 nitrogen and oxygen atoms in total. The Morgan fingerprint density at radius 2 is 2.04 bits per heavy atom. The highest BCUT2D eigenvalue weighted by molar-refractivity contribution is 5.98. The van der Waals surface area contributed by atoms with Crippen molar-refractivity contribution >= 4 is 12.0 Å². The van der Waals surface area contributed by atoms with E-state index in [0.29, 0.717) is 6.61 Å². The molecule has 3 rings (SSSR count). The number of para-hydroxylation sites is 1. The highest BCUT2D eigenvalue weighted by atomic mass is 16.5. The topological polar surface area (TPSA) is 62.1 Å². The molecule has 118 valence electrons. The van der Waals surface area contributed by atoms with E-state index >= 15 is 0 Å². The Balaban J connectivity index is 1.73. The van der Waals surface area contributed by atoms with Gasteiger partial charge in [0.1, 0.15) is 24.0 Å². The molecule has 1 amide bonds. The predicted molar refractivity (Wildman–Crippen MR) is 88.6 cm³/mol. The monoisotopic (exact) mass is 308 g/mol. The van der Waals surface area contributed by atoms with Gasteiger partial charge in [-0.25, -0.2) is 0 Å². The number of rotatable bonds is 3. The molecule has 0 bridgehead atoms. The Kier molecular flexibility index (Phi) is 4.77. The summed E-state index contributed by atoms with van der Waals surface area (Å²) in [6.07, 6.45) is 9.13. The first-order valence-electron chi connectivity index (χ1n) is 8.11. The Morgan fingerprint density at radius 1 is 1.26 bits per heavy atom. The minimum Gasteiger partial charge on any atom is -0.488 e. The Labute approximate surface area is 136 Å². The molecule has 1 aliphatic carbocycles. The molecule has 1 aromatic carbocycles. The third kappa shape index (κ3) is 3.81. The van der Waals surface area contributed by atoms with Gasteiger partial charge in [-0.15, -0.1) is 0 Å². The van der Waals surface area contributed by atoms with E-state index in [2.05, 4.69) is 5.32 Å². The van der Waals surface area contributed by atoms with E-state index in [9.17, 15) is 10.1 Å². The number of ether oxygens (including phenoxy) is 1. The van der Waals surface area contributed by atoms with E-state index in [1.54, 1.807) is 6.08 Å². The second-order valence-electron chi connectivity index (χ2n) is 6.02. The maximum atomic E-state index is 12.3. The molecule has 1 aliphatic heterocycles. The normalized spacial score (nSPS) is 18.2. The van der Waals surface area contributed by atoms with Gasteiger partial charge in [0.2, 0.25) is 0 Å². The summed E-state index contributed by atoms with van der Waals surface area (Å²) in [6.45, 7) is 0.374. The van der Waals surface area contributed by atoms with Gasteiger partial charge in [-0.2, -0.15) is 5.26 Å². The van der Waals surface area contributed by atoms with Crippen molar-refractivity contribution in [2.75, 3.05) is 6.61 Å². The van der Waals surface area contributed by atoms with Gasteiger partial charge < -0.3 is 10.1 Å². The van der Waals surface area contributed by atoms with Crippen LogP contribution in [-0.4, -0.2) is 18.6 Å². The molecule has 4 heteroatoms. The molecule has 1 heterocycles. The first-order valence-corrected chi connectivity index (χ1v) is 8.11. The van der Waals surface area contributed by atoms with Crippen molar-refractivity contribution in [2.24, 2.45) is 0 Å². The van der Waals surface area contributed by atoms with Crippen LogP contribution in [0.5, 0.6) is 5.75 Å². The first kappa shape index (κ1) is 15.4. The smallest absolute Gasteiger partial charge is 0.262 e. The van der Waals surface area contributed by atoms with Crippen LogP contribution in [-0.2, 0) is 4.79 Å². The van der Waals surface area contributed by atoms with Crippen molar-refractivity contribution in [3.63, 3.8) is 0 Å². The molecular formula is C19H20N2O2. The molecule has 2 aliphatic rings. The molecule has 1 saturated carbocycles. The lowest BCUT2D eigenvalue weighted by Crippen LogP contribution is -2.36. The van der Waals surface area contributed by atoms with Gasteiger partial charge in [0.25, 0.3) is 5.91 Å². The van der Waals surface area contributed by atoms with Crippen molar-refractivity contribution in [1.82, 2.24) is 5.32 Å². The Bertz CT molecular complexity index is 692. The molecule has 1 aromatic rings. The van der Waals surface area contributed by atoms with Gasteiger partial charge in [-0.05, 0) is 36.6 Å². The maximum absolute atomic E-state index is 12.3. The molecular weight excluding hydrogens is 288 g/mol. The van der Waals surface area contributed by atoms with E-state index in [1.807, 2.05) is 36.4 Å². The third-order valence-electron chi connectivity index (χ3n) is 4.29. The SMILES string of the molecule is N#C/C(=C\C1=Cc2ccccc2OC1)C(=O)NC1CCCCC1. The van der Waals surface area contributed by atoms with E-state index in [4.69, 9.17) is 4.74 Å². The van der Waals surface area contributed by atoms with Gasteiger partial charge in [0.15, 0.2) is 0 Å². The Morgan fingerprint density at radius 3 is 2.83 bits per heavy atom. The number of benzene rings is 1. The van der Waals surface area contributed by atoms with Crippen LogP contribution in [0.15, 0.2) is 41.5 Å². The van der Waals surface area contributed by atoms with Crippen LogP contribution >= 0.6 is 0 Å². The second kappa shape index (κ2) is 7.15. The molecule has 0 spiro atoms.